The van der Waals surface area contributed by atoms with Gasteiger partial charge in [-0.3, -0.25) is 19.3 Å². The van der Waals surface area contributed by atoms with Crippen molar-refractivity contribution in [2.24, 2.45) is 0 Å². The van der Waals surface area contributed by atoms with E-state index < -0.39 is 6.04 Å². The van der Waals surface area contributed by atoms with Gasteiger partial charge in [0.05, 0.1) is 20.8 Å². The number of carbonyl (C=O) groups excluding carboxylic acids is 3. The first-order chi connectivity index (χ1) is 17.4. The Hall–Kier alpha value is -3.59. The van der Waals surface area contributed by atoms with E-state index in [9.17, 15) is 14.4 Å². The number of amides is 2. The summed E-state index contributed by atoms with van der Waals surface area (Å²) in [7, 11) is 3.12. The van der Waals surface area contributed by atoms with E-state index in [0.717, 1.165) is 17.5 Å². The molecule has 1 fully saturated rings. The predicted molar refractivity (Wildman–Crippen MR) is 135 cm³/mol. The van der Waals surface area contributed by atoms with Crippen molar-refractivity contribution in [3.63, 3.8) is 0 Å². The number of esters is 1. The van der Waals surface area contributed by atoms with Gasteiger partial charge in [-0.25, -0.2) is 0 Å². The molecule has 1 heterocycles. The van der Waals surface area contributed by atoms with Crippen molar-refractivity contribution in [1.29, 1.82) is 0 Å². The summed E-state index contributed by atoms with van der Waals surface area (Å²) in [5.41, 5.74) is 1.79. The Morgan fingerprint density at radius 1 is 0.917 bits per heavy atom. The van der Waals surface area contributed by atoms with Crippen LogP contribution in [0.2, 0.25) is 0 Å². The fraction of sp³-hybridized carbons (Fsp3) is 0.444. The first-order valence-electron chi connectivity index (χ1n) is 12.1. The Bertz CT molecular complexity index is 1030. The molecule has 0 aromatic heterocycles. The third-order valence-electron chi connectivity index (χ3n) is 6.06. The molecule has 0 saturated carbocycles. The lowest BCUT2D eigenvalue weighted by Gasteiger charge is -2.27. The third kappa shape index (κ3) is 7.98. The highest BCUT2D eigenvalue weighted by molar-refractivity contribution is 5.87. The van der Waals surface area contributed by atoms with Crippen molar-refractivity contribution >= 4 is 17.8 Å². The van der Waals surface area contributed by atoms with Gasteiger partial charge in [-0.05, 0) is 29.7 Å². The second-order valence-electron chi connectivity index (χ2n) is 8.75. The van der Waals surface area contributed by atoms with Gasteiger partial charge in [-0.2, -0.15) is 0 Å². The Labute approximate surface area is 212 Å². The van der Waals surface area contributed by atoms with E-state index in [1.165, 1.54) is 6.92 Å². The quantitative estimate of drug-likeness (QED) is 0.502. The molecular formula is C27H35N3O6. The zero-order valence-corrected chi connectivity index (χ0v) is 21.2. The molecule has 2 amide bonds. The second-order valence-corrected chi connectivity index (χ2v) is 8.75. The van der Waals surface area contributed by atoms with Gasteiger partial charge in [0, 0.05) is 39.5 Å². The summed E-state index contributed by atoms with van der Waals surface area (Å²) in [6.45, 7) is 4.08. The fourth-order valence-corrected chi connectivity index (χ4v) is 4.22. The minimum Gasteiger partial charge on any atom is -0.493 e. The average Bonchev–Trinajstić information content (AvgIpc) is 3.12. The van der Waals surface area contributed by atoms with Gasteiger partial charge in [0.1, 0.15) is 12.6 Å². The van der Waals surface area contributed by atoms with Gasteiger partial charge in [-0.1, -0.05) is 36.4 Å². The summed E-state index contributed by atoms with van der Waals surface area (Å²) in [5.74, 6) is 0.454. The van der Waals surface area contributed by atoms with Crippen LogP contribution in [0, 0.1) is 0 Å². The average molecular weight is 498 g/mol. The van der Waals surface area contributed by atoms with Crippen molar-refractivity contribution in [3.05, 3.63) is 59.7 Å². The van der Waals surface area contributed by atoms with Crippen LogP contribution in [0.3, 0.4) is 0 Å². The standard InChI is InChI=1S/C27H35N3O6/c1-20(31)28-23(16-22-10-11-24(34-2)25(17-22)35-3)27(33)30-13-7-12-29(14-15-30)18-26(32)36-19-21-8-5-4-6-9-21/h4-6,8-11,17,23H,7,12-16,18-19H2,1-3H3,(H,28,31). The Balaban J connectivity index is 1.57. The fourth-order valence-electron chi connectivity index (χ4n) is 4.22. The number of methoxy groups -OCH3 is 2. The van der Waals surface area contributed by atoms with Crippen LogP contribution in [0.15, 0.2) is 48.5 Å². The molecular weight excluding hydrogens is 462 g/mol. The molecule has 9 heteroatoms. The zero-order valence-electron chi connectivity index (χ0n) is 21.2. The van der Waals surface area contributed by atoms with Crippen LogP contribution < -0.4 is 14.8 Å². The molecule has 2 aromatic carbocycles. The number of nitrogens with zero attached hydrogens (tertiary/aromatic N) is 2. The first-order valence-corrected chi connectivity index (χ1v) is 12.1. The highest BCUT2D eigenvalue weighted by Crippen LogP contribution is 2.28. The molecule has 0 spiro atoms. The lowest BCUT2D eigenvalue weighted by atomic mass is 10.0. The summed E-state index contributed by atoms with van der Waals surface area (Å²) < 4.78 is 16.1. The number of hydrogen-bond acceptors (Lipinski definition) is 7. The lowest BCUT2D eigenvalue weighted by Crippen LogP contribution is -2.50. The topological polar surface area (TPSA) is 97.4 Å². The Morgan fingerprint density at radius 3 is 2.36 bits per heavy atom. The smallest absolute Gasteiger partial charge is 0.320 e. The molecule has 0 aliphatic carbocycles. The molecule has 2 aromatic rings. The Morgan fingerprint density at radius 2 is 1.67 bits per heavy atom. The molecule has 194 valence electrons. The zero-order chi connectivity index (χ0) is 25.9. The number of hydrogen-bond donors (Lipinski definition) is 1. The largest absolute Gasteiger partial charge is 0.493 e. The maximum absolute atomic E-state index is 13.4. The maximum atomic E-state index is 13.4. The van der Waals surface area contributed by atoms with Crippen LogP contribution in [0.5, 0.6) is 11.5 Å². The van der Waals surface area contributed by atoms with E-state index in [1.807, 2.05) is 47.4 Å². The van der Waals surface area contributed by atoms with Crippen LogP contribution >= 0.6 is 0 Å². The van der Waals surface area contributed by atoms with E-state index in [-0.39, 0.29) is 30.9 Å². The van der Waals surface area contributed by atoms with Crippen LogP contribution in [0.4, 0.5) is 0 Å². The first kappa shape index (κ1) is 27.0. The number of carbonyl (C=O) groups is 3. The highest BCUT2D eigenvalue weighted by Gasteiger charge is 2.28. The van der Waals surface area contributed by atoms with Crippen molar-refractivity contribution in [1.82, 2.24) is 15.1 Å². The van der Waals surface area contributed by atoms with Gasteiger partial charge >= 0.3 is 5.97 Å². The molecule has 1 N–H and O–H groups in total. The van der Waals surface area contributed by atoms with Crippen molar-refractivity contribution in [2.45, 2.75) is 32.4 Å². The SMILES string of the molecule is COc1ccc(CC(NC(C)=O)C(=O)N2CCCN(CC(=O)OCc3ccccc3)CC2)cc1OC. The second kappa shape index (κ2) is 13.5. The van der Waals surface area contributed by atoms with Gasteiger partial charge in [0.15, 0.2) is 11.5 Å². The summed E-state index contributed by atoms with van der Waals surface area (Å²) >= 11 is 0. The van der Waals surface area contributed by atoms with E-state index in [1.54, 1.807) is 25.2 Å². The molecule has 36 heavy (non-hydrogen) atoms. The van der Waals surface area contributed by atoms with E-state index in [2.05, 4.69) is 5.32 Å². The molecule has 1 saturated heterocycles. The van der Waals surface area contributed by atoms with Crippen molar-refractivity contribution in [2.75, 3.05) is 46.9 Å². The molecule has 0 bridgehead atoms. The predicted octanol–water partition coefficient (Wildman–Crippen LogP) is 2.03. The number of nitrogens with one attached hydrogen (secondary N) is 1. The highest BCUT2D eigenvalue weighted by atomic mass is 16.5. The summed E-state index contributed by atoms with van der Waals surface area (Å²) in [5, 5.41) is 2.80. The molecule has 0 radical (unpaired) electrons. The van der Waals surface area contributed by atoms with Gasteiger partial charge in [0.25, 0.3) is 0 Å². The van der Waals surface area contributed by atoms with E-state index in [0.29, 0.717) is 44.1 Å². The Kier molecular flexibility index (Phi) is 10.1. The monoisotopic (exact) mass is 497 g/mol. The number of rotatable bonds is 10. The van der Waals surface area contributed by atoms with E-state index >= 15 is 0 Å². The maximum Gasteiger partial charge on any atom is 0.320 e. The molecule has 1 aliphatic rings. The van der Waals surface area contributed by atoms with Crippen LogP contribution in [-0.2, 0) is 32.1 Å². The van der Waals surface area contributed by atoms with Crippen LogP contribution in [0.25, 0.3) is 0 Å². The molecule has 9 nitrogen and oxygen atoms in total. The van der Waals surface area contributed by atoms with Gasteiger partial charge in [0.2, 0.25) is 11.8 Å². The molecule has 1 atom stereocenters. The molecule has 1 aliphatic heterocycles. The van der Waals surface area contributed by atoms with Crippen molar-refractivity contribution in [3.8, 4) is 11.5 Å². The number of ether oxygens (including phenoxy) is 3. The summed E-state index contributed by atoms with van der Waals surface area (Å²) in [4.78, 5) is 41.4. The van der Waals surface area contributed by atoms with Gasteiger partial charge in [-0.15, -0.1) is 0 Å². The number of benzene rings is 2. The van der Waals surface area contributed by atoms with Gasteiger partial charge < -0.3 is 24.4 Å². The minimum absolute atomic E-state index is 0.145. The third-order valence-corrected chi connectivity index (χ3v) is 6.06. The molecule has 1 unspecified atom stereocenters. The normalized spacial score (nSPS) is 14.9. The lowest BCUT2D eigenvalue weighted by molar-refractivity contribution is -0.146. The summed E-state index contributed by atoms with van der Waals surface area (Å²) in [6.07, 6.45) is 1.05. The van der Waals surface area contributed by atoms with Crippen LogP contribution in [0.1, 0.15) is 24.5 Å². The summed E-state index contributed by atoms with van der Waals surface area (Å²) in [6, 6.07) is 14.3. The molecule has 3 rings (SSSR count). The van der Waals surface area contributed by atoms with Crippen molar-refractivity contribution < 1.29 is 28.6 Å². The van der Waals surface area contributed by atoms with E-state index in [4.69, 9.17) is 14.2 Å². The van der Waals surface area contributed by atoms with Crippen LogP contribution in [-0.4, -0.2) is 80.6 Å². The minimum atomic E-state index is -0.706.